The molecule has 0 bridgehead atoms. The van der Waals surface area contributed by atoms with E-state index in [0.717, 1.165) is 0 Å². The first-order valence-corrected chi connectivity index (χ1v) is 6.10. The fourth-order valence-electron chi connectivity index (χ4n) is 1.88. The third-order valence-electron chi connectivity index (χ3n) is 2.80. The lowest BCUT2D eigenvalue weighted by atomic mass is 10.1. The number of primary amides is 1. The van der Waals surface area contributed by atoms with Crippen LogP contribution in [0, 0.1) is 5.82 Å². The van der Waals surface area contributed by atoms with Crippen LogP contribution < -0.4 is 16.2 Å². The number of hydrogen-bond acceptors (Lipinski definition) is 3. The van der Waals surface area contributed by atoms with E-state index in [0.29, 0.717) is 22.4 Å². The molecule has 0 atom stereocenters. The van der Waals surface area contributed by atoms with E-state index in [2.05, 4.69) is 0 Å². The zero-order valence-corrected chi connectivity index (χ0v) is 10.8. The van der Waals surface area contributed by atoms with Gasteiger partial charge in [0.25, 0.3) is 5.91 Å². The predicted octanol–water partition coefficient (Wildman–Crippen LogP) is 1.96. The van der Waals surface area contributed by atoms with Gasteiger partial charge in [0.2, 0.25) is 0 Å². The van der Waals surface area contributed by atoms with Gasteiger partial charge in [0.05, 0.1) is 5.56 Å². The minimum Gasteiger partial charge on any atom is -0.488 e. The van der Waals surface area contributed by atoms with Crippen LogP contribution in [0.5, 0.6) is 5.75 Å². The Labute approximate surface area is 116 Å². The van der Waals surface area contributed by atoms with E-state index in [1.807, 2.05) is 0 Å². The molecule has 104 valence electrons. The van der Waals surface area contributed by atoms with E-state index in [1.165, 1.54) is 12.1 Å². The number of para-hydroxylation sites is 1. The molecule has 0 aliphatic heterocycles. The topological polar surface area (TPSA) is 78.3 Å². The summed E-state index contributed by atoms with van der Waals surface area (Å²) < 4.78 is 18.9. The third-order valence-corrected chi connectivity index (χ3v) is 2.80. The molecule has 0 aliphatic rings. The van der Waals surface area contributed by atoms with Gasteiger partial charge >= 0.3 is 0 Å². The van der Waals surface area contributed by atoms with Gasteiger partial charge in [-0.2, -0.15) is 0 Å². The standard InChI is InChI=1S/C15H15FN2O2/c16-12-6-10(8-17)5-11(7-12)9-20-14-4-2-1-3-13(14)15(18)19/h1-7H,8-9,17H2,(H2,18,19). The zero-order chi connectivity index (χ0) is 14.5. The van der Waals surface area contributed by atoms with Crippen LogP contribution in [0.3, 0.4) is 0 Å². The minimum absolute atomic E-state index is 0.134. The highest BCUT2D eigenvalue weighted by Crippen LogP contribution is 2.19. The molecule has 0 spiro atoms. The molecule has 2 rings (SSSR count). The second kappa shape index (κ2) is 6.16. The van der Waals surface area contributed by atoms with Gasteiger partial charge in [-0.3, -0.25) is 4.79 Å². The summed E-state index contributed by atoms with van der Waals surface area (Å²) in [6.07, 6.45) is 0. The van der Waals surface area contributed by atoms with Crippen LogP contribution in [0.25, 0.3) is 0 Å². The van der Waals surface area contributed by atoms with Crippen molar-refractivity contribution in [2.75, 3.05) is 0 Å². The molecular formula is C15H15FN2O2. The molecule has 0 radical (unpaired) electrons. The number of amides is 1. The van der Waals surface area contributed by atoms with Crippen molar-refractivity contribution >= 4 is 5.91 Å². The molecule has 0 unspecified atom stereocenters. The summed E-state index contributed by atoms with van der Waals surface area (Å²) in [4.78, 5) is 11.3. The van der Waals surface area contributed by atoms with Crippen molar-refractivity contribution in [3.63, 3.8) is 0 Å². The van der Waals surface area contributed by atoms with Crippen LogP contribution in [0.1, 0.15) is 21.5 Å². The molecule has 4 N–H and O–H groups in total. The molecule has 0 saturated heterocycles. The van der Waals surface area contributed by atoms with Gasteiger partial charge in [-0.15, -0.1) is 0 Å². The Bertz CT molecular complexity index is 629. The van der Waals surface area contributed by atoms with Gasteiger partial charge in [0, 0.05) is 6.54 Å². The van der Waals surface area contributed by atoms with Gasteiger partial charge in [0.15, 0.2) is 0 Å². The smallest absolute Gasteiger partial charge is 0.252 e. The fourth-order valence-corrected chi connectivity index (χ4v) is 1.88. The second-order valence-electron chi connectivity index (χ2n) is 4.32. The monoisotopic (exact) mass is 274 g/mol. The average molecular weight is 274 g/mol. The van der Waals surface area contributed by atoms with Crippen LogP contribution in [-0.4, -0.2) is 5.91 Å². The largest absolute Gasteiger partial charge is 0.488 e. The van der Waals surface area contributed by atoms with Crippen LogP contribution in [0.15, 0.2) is 42.5 Å². The summed E-state index contributed by atoms with van der Waals surface area (Å²) in [6.45, 7) is 0.387. The highest BCUT2D eigenvalue weighted by atomic mass is 19.1. The zero-order valence-electron chi connectivity index (χ0n) is 10.8. The Balaban J connectivity index is 2.17. The minimum atomic E-state index is -0.567. The van der Waals surface area contributed by atoms with Crippen molar-refractivity contribution in [3.8, 4) is 5.75 Å². The van der Waals surface area contributed by atoms with E-state index in [9.17, 15) is 9.18 Å². The molecule has 0 aromatic heterocycles. The predicted molar refractivity (Wildman–Crippen MR) is 73.6 cm³/mol. The van der Waals surface area contributed by atoms with Crippen molar-refractivity contribution < 1.29 is 13.9 Å². The maximum absolute atomic E-state index is 13.4. The highest BCUT2D eigenvalue weighted by molar-refractivity contribution is 5.95. The Morgan fingerprint density at radius 1 is 1.15 bits per heavy atom. The number of hydrogen-bond donors (Lipinski definition) is 2. The molecule has 0 fully saturated rings. The van der Waals surface area contributed by atoms with E-state index in [4.69, 9.17) is 16.2 Å². The maximum Gasteiger partial charge on any atom is 0.252 e. The number of halogens is 1. The molecule has 5 heteroatoms. The molecule has 0 heterocycles. The van der Waals surface area contributed by atoms with E-state index in [1.54, 1.807) is 30.3 Å². The van der Waals surface area contributed by atoms with E-state index >= 15 is 0 Å². The van der Waals surface area contributed by atoms with Gasteiger partial charge in [-0.05, 0) is 35.4 Å². The molecular weight excluding hydrogens is 259 g/mol. The first kappa shape index (κ1) is 14.0. The summed E-state index contributed by atoms with van der Waals surface area (Å²) >= 11 is 0. The van der Waals surface area contributed by atoms with Crippen LogP contribution in [0.2, 0.25) is 0 Å². The normalized spacial score (nSPS) is 10.3. The number of benzene rings is 2. The van der Waals surface area contributed by atoms with Gasteiger partial charge in [-0.1, -0.05) is 18.2 Å². The first-order valence-electron chi connectivity index (χ1n) is 6.10. The lowest BCUT2D eigenvalue weighted by molar-refractivity contribution is 0.0996. The van der Waals surface area contributed by atoms with Crippen molar-refractivity contribution in [2.24, 2.45) is 11.5 Å². The van der Waals surface area contributed by atoms with Crippen LogP contribution in [-0.2, 0) is 13.2 Å². The van der Waals surface area contributed by atoms with E-state index < -0.39 is 5.91 Å². The number of nitrogens with two attached hydrogens (primary N) is 2. The van der Waals surface area contributed by atoms with Crippen molar-refractivity contribution in [2.45, 2.75) is 13.2 Å². The number of carbonyl (C=O) groups is 1. The molecule has 0 saturated carbocycles. The molecule has 2 aromatic carbocycles. The third kappa shape index (κ3) is 3.33. The highest BCUT2D eigenvalue weighted by Gasteiger charge is 2.09. The Kier molecular flexibility index (Phi) is 4.32. The maximum atomic E-state index is 13.4. The number of rotatable bonds is 5. The first-order chi connectivity index (χ1) is 9.60. The summed E-state index contributed by atoms with van der Waals surface area (Å²) in [5, 5.41) is 0. The SMILES string of the molecule is NCc1cc(F)cc(COc2ccccc2C(N)=O)c1. The summed E-state index contributed by atoms with van der Waals surface area (Å²) in [6, 6.07) is 11.2. The summed E-state index contributed by atoms with van der Waals surface area (Å²) in [5.74, 6) is -0.559. The fraction of sp³-hybridized carbons (Fsp3) is 0.133. The quantitative estimate of drug-likeness (QED) is 0.874. The number of ether oxygens (including phenoxy) is 1. The molecule has 0 aliphatic carbocycles. The average Bonchev–Trinajstić information content (AvgIpc) is 2.44. The molecule has 2 aromatic rings. The van der Waals surface area contributed by atoms with Gasteiger partial charge in [-0.25, -0.2) is 4.39 Å². The van der Waals surface area contributed by atoms with Crippen molar-refractivity contribution in [1.82, 2.24) is 0 Å². The van der Waals surface area contributed by atoms with Gasteiger partial charge in [0.1, 0.15) is 18.2 Å². The summed E-state index contributed by atoms with van der Waals surface area (Å²) in [5.41, 5.74) is 12.4. The second-order valence-corrected chi connectivity index (χ2v) is 4.32. The lowest BCUT2D eigenvalue weighted by Crippen LogP contribution is -2.13. The van der Waals surface area contributed by atoms with E-state index in [-0.39, 0.29) is 19.0 Å². The lowest BCUT2D eigenvalue weighted by Gasteiger charge is -2.10. The van der Waals surface area contributed by atoms with Crippen molar-refractivity contribution in [3.05, 3.63) is 65.0 Å². The Morgan fingerprint density at radius 2 is 1.85 bits per heavy atom. The molecule has 4 nitrogen and oxygen atoms in total. The summed E-state index contributed by atoms with van der Waals surface area (Å²) in [7, 11) is 0. The Morgan fingerprint density at radius 3 is 2.55 bits per heavy atom. The van der Waals surface area contributed by atoms with Crippen LogP contribution >= 0.6 is 0 Å². The van der Waals surface area contributed by atoms with Crippen LogP contribution in [0.4, 0.5) is 4.39 Å². The van der Waals surface area contributed by atoms with Crippen molar-refractivity contribution in [1.29, 1.82) is 0 Å². The molecule has 20 heavy (non-hydrogen) atoms. The van der Waals surface area contributed by atoms with Gasteiger partial charge < -0.3 is 16.2 Å². The molecule has 1 amide bonds. The Hall–Kier alpha value is -2.40. The number of carbonyl (C=O) groups excluding carboxylic acids is 1.